The summed E-state index contributed by atoms with van der Waals surface area (Å²) in [6.07, 6.45) is 1.80. The van der Waals surface area contributed by atoms with Crippen molar-refractivity contribution in [3.8, 4) is 0 Å². The number of ether oxygens (including phenoxy) is 1. The molecule has 4 unspecified atom stereocenters. The first kappa shape index (κ1) is 15.3. The van der Waals surface area contributed by atoms with E-state index in [1.54, 1.807) is 4.90 Å². The van der Waals surface area contributed by atoms with Gasteiger partial charge >= 0.3 is 5.97 Å². The molecule has 2 fully saturated rings. The van der Waals surface area contributed by atoms with Gasteiger partial charge in [0, 0.05) is 6.54 Å². The number of amides is 1. The van der Waals surface area contributed by atoms with E-state index in [9.17, 15) is 14.7 Å². The SMILES string of the molecule is CCCN(C(=O)C1NCCC1C)C1COCC1C(=O)O. The van der Waals surface area contributed by atoms with Gasteiger partial charge in [-0.2, -0.15) is 0 Å². The van der Waals surface area contributed by atoms with Gasteiger partial charge in [-0.3, -0.25) is 9.59 Å². The molecule has 0 spiro atoms. The third-order valence-corrected chi connectivity index (χ3v) is 4.31. The van der Waals surface area contributed by atoms with Crippen molar-refractivity contribution in [1.82, 2.24) is 10.2 Å². The van der Waals surface area contributed by atoms with Gasteiger partial charge in [-0.15, -0.1) is 0 Å². The zero-order valence-corrected chi connectivity index (χ0v) is 12.2. The molecule has 2 rings (SSSR count). The summed E-state index contributed by atoms with van der Waals surface area (Å²) in [5.74, 6) is -1.16. The number of rotatable bonds is 5. The Labute approximate surface area is 119 Å². The van der Waals surface area contributed by atoms with E-state index in [0.717, 1.165) is 19.4 Å². The molecule has 0 aromatic carbocycles. The average Bonchev–Trinajstić information content (AvgIpc) is 3.03. The van der Waals surface area contributed by atoms with E-state index >= 15 is 0 Å². The van der Waals surface area contributed by atoms with E-state index < -0.39 is 11.9 Å². The van der Waals surface area contributed by atoms with Crippen molar-refractivity contribution in [2.24, 2.45) is 11.8 Å². The Bertz CT molecular complexity index is 374. The predicted molar refractivity (Wildman–Crippen MR) is 73.3 cm³/mol. The van der Waals surface area contributed by atoms with Crippen molar-refractivity contribution < 1.29 is 19.4 Å². The largest absolute Gasteiger partial charge is 0.481 e. The molecule has 0 radical (unpaired) electrons. The van der Waals surface area contributed by atoms with Gasteiger partial charge in [0.1, 0.15) is 5.92 Å². The Balaban J connectivity index is 2.13. The summed E-state index contributed by atoms with van der Waals surface area (Å²) in [4.78, 5) is 25.7. The maximum atomic E-state index is 12.7. The second-order valence-corrected chi connectivity index (χ2v) is 5.78. The monoisotopic (exact) mass is 284 g/mol. The van der Waals surface area contributed by atoms with Crippen LogP contribution in [0.2, 0.25) is 0 Å². The van der Waals surface area contributed by atoms with Crippen LogP contribution in [0.3, 0.4) is 0 Å². The van der Waals surface area contributed by atoms with Crippen LogP contribution in [0.5, 0.6) is 0 Å². The lowest BCUT2D eigenvalue weighted by Gasteiger charge is -2.33. The highest BCUT2D eigenvalue weighted by molar-refractivity contribution is 5.84. The van der Waals surface area contributed by atoms with Gasteiger partial charge in [0.15, 0.2) is 0 Å². The molecule has 0 aromatic rings. The minimum Gasteiger partial charge on any atom is -0.481 e. The number of aliphatic carboxylic acids is 1. The normalized spacial score (nSPS) is 33.3. The molecular weight excluding hydrogens is 260 g/mol. The van der Waals surface area contributed by atoms with E-state index in [4.69, 9.17) is 4.74 Å². The van der Waals surface area contributed by atoms with E-state index in [0.29, 0.717) is 19.1 Å². The van der Waals surface area contributed by atoms with Gasteiger partial charge in [-0.25, -0.2) is 0 Å². The number of hydrogen-bond donors (Lipinski definition) is 2. The maximum Gasteiger partial charge on any atom is 0.311 e. The van der Waals surface area contributed by atoms with Crippen molar-refractivity contribution in [1.29, 1.82) is 0 Å². The lowest BCUT2D eigenvalue weighted by molar-refractivity contribution is -0.145. The zero-order chi connectivity index (χ0) is 14.7. The zero-order valence-electron chi connectivity index (χ0n) is 12.2. The molecule has 6 nitrogen and oxygen atoms in total. The molecule has 2 N–H and O–H groups in total. The maximum absolute atomic E-state index is 12.7. The van der Waals surface area contributed by atoms with Gasteiger partial charge in [0.2, 0.25) is 5.91 Å². The number of carbonyl (C=O) groups is 2. The van der Waals surface area contributed by atoms with Crippen molar-refractivity contribution in [2.45, 2.75) is 38.8 Å². The number of hydrogen-bond acceptors (Lipinski definition) is 4. The third-order valence-electron chi connectivity index (χ3n) is 4.31. The van der Waals surface area contributed by atoms with Crippen LogP contribution >= 0.6 is 0 Å². The first-order valence-electron chi connectivity index (χ1n) is 7.40. The summed E-state index contributed by atoms with van der Waals surface area (Å²) in [7, 11) is 0. The van der Waals surface area contributed by atoms with Crippen LogP contribution in [0.1, 0.15) is 26.7 Å². The first-order chi connectivity index (χ1) is 9.56. The first-order valence-corrected chi connectivity index (χ1v) is 7.40. The summed E-state index contributed by atoms with van der Waals surface area (Å²) in [5, 5.41) is 12.5. The van der Waals surface area contributed by atoms with E-state index in [2.05, 4.69) is 12.2 Å². The molecule has 1 amide bonds. The van der Waals surface area contributed by atoms with Gasteiger partial charge in [-0.05, 0) is 25.3 Å². The van der Waals surface area contributed by atoms with Crippen molar-refractivity contribution >= 4 is 11.9 Å². The fourth-order valence-electron chi connectivity index (χ4n) is 3.11. The Morgan fingerprint density at radius 2 is 2.15 bits per heavy atom. The fourth-order valence-corrected chi connectivity index (χ4v) is 3.11. The third kappa shape index (κ3) is 2.96. The molecule has 0 bridgehead atoms. The highest BCUT2D eigenvalue weighted by Crippen LogP contribution is 2.24. The minimum atomic E-state index is -0.881. The van der Waals surface area contributed by atoms with Crippen LogP contribution in [0.4, 0.5) is 0 Å². The van der Waals surface area contributed by atoms with Crippen LogP contribution in [0.25, 0.3) is 0 Å². The van der Waals surface area contributed by atoms with Crippen LogP contribution in [0.15, 0.2) is 0 Å². The lowest BCUT2D eigenvalue weighted by Crippen LogP contribution is -2.53. The van der Waals surface area contributed by atoms with Crippen LogP contribution in [-0.4, -0.2) is 60.3 Å². The van der Waals surface area contributed by atoms with Gasteiger partial charge in [0.25, 0.3) is 0 Å². The Morgan fingerprint density at radius 3 is 2.70 bits per heavy atom. The summed E-state index contributed by atoms with van der Waals surface area (Å²) < 4.78 is 5.30. The molecular formula is C14H24N2O4. The summed E-state index contributed by atoms with van der Waals surface area (Å²) >= 11 is 0. The van der Waals surface area contributed by atoms with Crippen LogP contribution < -0.4 is 5.32 Å². The van der Waals surface area contributed by atoms with Crippen molar-refractivity contribution in [3.63, 3.8) is 0 Å². The van der Waals surface area contributed by atoms with Crippen molar-refractivity contribution in [2.75, 3.05) is 26.3 Å². The van der Waals surface area contributed by atoms with E-state index in [-0.39, 0.29) is 24.6 Å². The summed E-state index contributed by atoms with van der Waals surface area (Å²) in [5.41, 5.74) is 0. The van der Waals surface area contributed by atoms with Crippen LogP contribution in [-0.2, 0) is 14.3 Å². The average molecular weight is 284 g/mol. The molecule has 2 aliphatic rings. The second kappa shape index (κ2) is 6.54. The molecule has 2 saturated heterocycles. The van der Waals surface area contributed by atoms with Gasteiger partial charge in [-0.1, -0.05) is 13.8 Å². The molecule has 0 aliphatic carbocycles. The predicted octanol–water partition coefficient (Wildman–Crippen LogP) is 0.323. The van der Waals surface area contributed by atoms with E-state index in [1.807, 2.05) is 6.92 Å². The molecule has 4 atom stereocenters. The number of carboxylic acids is 1. The Kier molecular flexibility index (Phi) is 4.99. The standard InChI is InChI=1S/C14H24N2O4/c1-3-6-16(11-8-20-7-10(11)14(18)19)13(17)12-9(2)4-5-15-12/h9-12,15H,3-8H2,1-2H3,(H,18,19). The number of carbonyl (C=O) groups excluding carboxylic acids is 1. The molecule has 6 heteroatoms. The highest BCUT2D eigenvalue weighted by atomic mass is 16.5. The topological polar surface area (TPSA) is 78.9 Å². The fraction of sp³-hybridized carbons (Fsp3) is 0.857. The summed E-state index contributed by atoms with van der Waals surface area (Å²) in [6.45, 7) is 6.01. The van der Waals surface area contributed by atoms with Gasteiger partial charge in [0.05, 0.1) is 25.3 Å². The quantitative estimate of drug-likeness (QED) is 0.760. The van der Waals surface area contributed by atoms with Crippen molar-refractivity contribution in [3.05, 3.63) is 0 Å². The molecule has 2 aliphatic heterocycles. The Morgan fingerprint density at radius 1 is 1.40 bits per heavy atom. The number of carboxylic acid groups (broad SMARTS) is 1. The Hall–Kier alpha value is -1.14. The lowest BCUT2D eigenvalue weighted by atomic mass is 9.98. The molecule has 114 valence electrons. The number of nitrogens with one attached hydrogen (secondary N) is 1. The number of nitrogens with zero attached hydrogens (tertiary/aromatic N) is 1. The van der Waals surface area contributed by atoms with Crippen LogP contribution in [0, 0.1) is 11.8 Å². The second-order valence-electron chi connectivity index (χ2n) is 5.78. The molecule has 0 aromatic heterocycles. The van der Waals surface area contributed by atoms with E-state index in [1.165, 1.54) is 0 Å². The summed E-state index contributed by atoms with van der Waals surface area (Å²) in [6, 6.07) is -0.522. The molecule has 20 heavy (non-hydrogen) atoms. The molecule has 0 saturated carbocycles. The molecule has 2 heterocycles. The minimum absolute atomic E-state index is 0.0265. The van der Waals surface area contributed by atoms with Gasteiger partial charge < -0.3 is 20.1 Å². The highest BCUT2D eigenvalue weighted by Gasteiger charge is 2.42. The smallest absolute Gasteiger partial charge is 0.311 e.